The average Bonchev–Trinajstić information content (AvgIpc) is 2.47. The quantitative estimate of drug-likeness (QED) is 0.590. The van der Waals surface area contributed by atoms with E-state index >= 15 is 0 Å². The van der Waals surface area contributed by atoms with Gasteiger partial charge in [-0.1, -0.05) is 12.2 Å². The molecule has 5 heteroatoms. The molecule has 104 valence electrons. The van der Waals surface area contributed by atoms with Crippen LogP contribution in [0.1, 0.15) is 19.3 Å². The van der Waals surface area contributed by atoms with Gasteiger partial charge in [0.1, 0.15) is 0 Å². The van der Waals surface area contributed by atoms with Crippen LogP contribution in [0.25, 0.3) is 11.0 Å². The first-order valence-corrected chi connectivity index (χ1v) is 6.87. The molecule has 5 nitrogen and oxygen atoms in total. The number of hydrogen-bond acceptors (Lipinski definition) is 3. The van der Waals surface area contributed by atoms with Gasteiger partial charge in [0.05, 0.1) is 11.0 Å². The Morgan fingerprint density at radius 2 is 1.90 bits per heavy atom. The van der Waals surface area contributed by atoms with Gasteiger partial charge in [-0.2, -0.15) is 0 Å². The molecule has 0 fully saturated rings. The summed E-state index contributed by atoms with van der Waals surface area (Å²) in [6, 6.07) is 5.57. The predicted octanol–water partition coefficient (Wildman–Crippen LogP) is 1.98. The van der Waals surface area contributed by atoms with Crippen LogP contribution in [-0.2, 0) is 0 Å². The second-order valence-electron chi connectivity index (χ2n) is 5.20. The van der Waals surface area contributed by atoms with Gasteiger partial charge < -0.3 is 15.3 Å². The van der Waals surface area contributed by atoms with Gasteiger partial charge in [-0.3, -0.25) is 9.59 Å². The van der Waals surface area contributed by atoms with Crippen molar-refractivity contribution in [3.8, 4) is 0 Å². The van der Waals surface area contributed by atoms with Crippen LogP contribution in [0.15, 0.2) is 39.9 Å². The van der Waals surface area contributed by atoms with Crippen molar-refractivity contribution in [2.75, 3.05) is 11.9 Å². The molecular formula is C15H17N3O2. The molecule has 1 aliphatic rings. The third-order valence-corrected chi connectivity index (χ3v) is 3.69. The normalized spacial score (nSPS) is 18.3. The van der Waals surface area contributed by atoms with Crippen LogP contribution in [0.2, 0.25) is 0 Å². The minimum absolute atomic E-state index is 0.618. The van der Waals surface area contributed by atoms with Gasteiger partial charge in [-0.05, 0) is 43.4 Å². The van der Waals surface area contributed by atoms with E-state index in [2.05, 4.69) is 27.4 Å². The molecule has 1 aromatic heterocycles. The second kappa shape index (κ2) is 5.36. The molecule has 1 atom stereocenters. The van der Waals surface area contributed by atoms with Crippen LogP contribution >= 0.6 is 0 Å². The number of aromatic amines is 2. The summed E-state index contributed by atoms with van der Waals surface area (Å²) < 4.78 is 0. The van der Waals surface area contributed by atoms with Gasteiger partial charge in [0, 0.05) is 12.2 Å². The SMILES string of the molecule is O=c1[nH]c2ccc(NCC3CC=CCC3)cc2[nH]c1=O. The topological polar surface area (TPSA) is 77.8 Å². The number of rotatable bonds is 3. The lowest BCUT2D eigenvalue weighted by atomic mass is 9.94. The third kappa shape index (κ3) is 2.66. The van der Waals surface area contributed by atoms with Gasteiger partial charge in [-0.15, -0.1) is 0 Å². The fourth-order valence-corrected chi connectivity index (χ4v) is 2.53. The van der Waals surface area contributed by atoms with Gasteiger partial charge in [0.25, 0.3) is 0 Å². The second-order valence-corrected chi connectivity index (χ2v) is 5.20. The van der Waals surface area contributed by atoms with Crippen molar-refractivity contribution in [2.24, 2.45) is 5.92 Å². The Balaban J connectivity index is 1.78. The van der Waals surface area contributed by atoms with Crippen molar-refractivity contribution in [1.29, 1.82) is 0 Å². The number of hydrogen-bond donors (Lipinski definition) is 3. The minimum Gasteiger partial charge on any atom is -0.385 e. The highest BCUT2D eigenvalue weighted by atomic mass is 16.2. The first-order valence-electron chi connectivity index (χ1n) is 6.87. The van der Waals surface area contributed by atoms with Crippen molar-refractivity contribution >= 4 is 16.7 Å². The maximum atomic E-state index is 11.3. The van der Waals surface area contributed by atoms with E-state index in [-0.39, 0.29) is 0 Å². The lowest BCUT2D eigenvalue weighted by molar-refractivity contribution is 0.504. The maximum absolute atomic E-state index is 11.3. The van der Waals surface area contributed by atoms with Crippen molar-refractivity contribution < 1.29 is 0 Å². The lowest BCUT2D eigenvalue weighted by Gasteiger charge is -2.18. The Labute approximate surface area is 115 Å². The molecule has 0 spiro atoms. The van der Waals surface area contributed by atoms with Crippen molar-refractivity contribution in [3.05, 3.63) is 51.1 Å². The first kappa shape index (κ1) is 12.7. The molecule has 1 aliphatic carbocycles. The zero-order chi connectivity index (χ0) is 13.9. The molecule has 0 bridgehead atoms. The Hall–Kier alpha value is -2.30. The highest BCUT2D eigenvalue weighted by Crippen LogP contribution is 2.20. The van der Waals surface area contributed by atoms with E-state index in [0.717, 1.165) is 25.1 Å². The Kier molecular flexibility index (Phi) is 3.41. The standard InChI is InChI=1S/C15H17N3O2/c19-14-15(20)18-13-8-11(6-7-12(13)17-14)16-9-10-4-2-1-3-5-10/h1-2,6-8,10,16H,3-5,9H2,(H,17,19)(H,18,20). The van der Waals surface area contributed by atoms with E-state index in [4.69, 9.17) is 0 Å². The molecular weight excluding hydrogens is 254 g/mol. The first-order chi connectivity index (χ1) is 9.72. The van der Waals surface area contributed by atoms with E-state index in [1.807, 2.05) is 12.1 Å². The summed E-state index contributed by atoms with van der Waals surface area (Å²) >= 11 is 0. The van der Waals surface area contributed by atoms with Crippen LogP contribution in [0.4, 0.5) is 5.69 Å². The lowest BCUT2D eigenvalue weighted by Crippen LogP contribution is -2.28. The highest BCUT2D eigenvalue weighted by Gasteiger charge is 2.09. The molecule has 0 amide bonds. The number of benzene rings is 1. The molecule has 0 saturated carbocycles. The fourth-order valence-electron chi connectivity index (χ4n) is 2.53. The largest absolute Gasteiger partial charge is 0.385 e. The summed E-state index contributed by atoms with van der Waals surface area (Å²) in [6.07, 6.45) is 7.94. The molecule has 0 aliphatic heterocycles. The van der Waals surface area contributed by atoms with E-state index in [1.54, 1.807) is 6.07 Å². The van der Waals surface area contributed by atoms with Gasteiger partial charge in [-0.25, -0.2) is 0 Å². The molecule has 0 radical (unpaired) electrons. The number of anilines is 1. The smallest absolute Gasteiger partial charge is 0.314 e. The maximum Gasteiger partial charge on any atom is 0.314 e. The summed E-state index contributed by atoms with van der Waals surface area (Å²) in [5, 5.41) is 3.39. The van der Waals surface area contributed by atoms with Crippen LogP contribution in [-0.4, -0.2) is 16.5 Å². The number of aromatic nitrogens is 2. The van der Waals surface area contributed by atoms with Gasteiger partial charge in [0.2, 0.25) is 0 Å². The number of allylic oxidation sites excluding steroid dienone is 2. The van der Waals surface area contributed by atoms with E-state index in [0.29, 0.717) is 17.0 Å². The fraction of sp³-hybridized carbons (Fsp3) is 0.333. The monoisotopic (exact) mass is 271 g/mol. The molecule has 3 N–H and O–H groups in total. The average molecular weight is 271 g/mol. The van der Waals surface area contributed by atoms with Crippen molar-refractivity contribution in [1.82, 2.24) is 9.97 Å². The van der Waals surface area contributed by atoms with Crippen molar-refractivity contribution in [2.45, 2.75) is 19.3 Å². The Morgan fingerprint density at radius 1 is 1.10 bits per heavy atom. The van der Waals surface area contributed by atoms with Gasteiger partial charge in [0.15, 0.2) is 0 Å². The predicted molar refractivity (Wildman–Crippen MR) is 80.2 cm³/mol. The molecule has 0 saturated heterocycles. The van der Waals surface area contributed by atoms with Crippen LogP contribution in [0.5, 0.6) is 0 Å². The number of fused-ring (bicyclic) bond motifs is 1. The Morgan fingerprint density at radius 3 is 2.65 bits per heavy atom. The zero-order valence-electron chi connectivity index (χ0n) is 11.1. The summed E-state index contributed by atoms with van der Waals surface area (Å²) in [7, 11) is 0. The highest BCUT2D eigenvalue weighted by molar-refractivity contribution is 5.78. The molecule has 1 aromatic carbocycles. The van der Waals surface area contributed by atoms with Crippen molar-refractivity contribution in [3.63, 3.8) is 0 Å². The molecule has 1 heterocycles. The van der Waals surface area contributed by atoms with Crippen LogP contribution in [0, 0.1) is 5.92 Å². The van der Waals surface area contributed by atoms with Gasteiger partial charge >= 0.3 is 11.1 Å². The summed E-state index contributed by atoms with van der Waals surface area (Å²) in [6.45, 7) is 0.920. The number of nitrogens with one attached hydrogen (secondary N) is 3. The van der Waals surface area contributed by atoms with E-state index in [9.17, 15) is 9.59 Å². The van der Waals surface area contributed by atoms with E-state index < -0.39 is 11.1 Å². The minimum atomic E-state index is -0.618. The summed E-state index contributed by atoms with van der Waals surface area (Å²) in [5.41, 5.74) is 0.998. The zero-order valence-corrected chi connectivity index (χ0v) is 11.1. The Bertz CT molecular complexity index is 758. The van der Waals surface area contributed by atoms with Crippen LogP contribution in [0.3, 0.4) is 0 Å². The van der Waals surface area contributed by atoms with Crippen LogP contribution < -0.4 is 16.4 Å². The molecule has 3 rings (SSSR count). The summed E-state index contributed by atoms with van der Waals surface area (Å²) in [5.74, 6) is 0.658. The molecule has 1 unspecified atom stereocenters. The number of H-pyrrole nitrogens is 2. The molecule has 20 heavy (non-hydrogen) atoms. The van der Waals surface area contributed by atoms with E-state index in [1.165, 1.54) is 6.42 Å². The summed E-state index contributed by atoms with van der Waals surface area (Å²) in [4.78, 5) is 27.7. The third-order valence-electron chi connectivity index (χ3n) is 3.69. The molecule has 2 aromatic rings.